The molecule has 0 saturated carbocycles. The molecule has 1 heterocycles. The molecule has 0 radical (unpaired) electrons. The summed E-state index contributed by atoms with van der Waals surface area (Å²) in [7, 11) is 0. The predicted molar refractivity (Wildman–Crippen MR) is 77.2 cm³/mol. The highest BCUT2D eigenvalue weighted by Gasteiger charge is 2.19. The Balaban J connectivity index is 2.29. The smallest absolute Gasteiger partial charge is 0.169 e. The lowest BCUT2D eigenvalue weighted by Gasteiger charge is -2.13. The van der Waals surface area contributed by atoms with Gasteiger partial charge in [-0.25, -0.2) is 0 Å². The van der Waals surface area contributed by atoms with Crippen LogP contribution < -0.4 is 0 Å². The van der Waals surface area contributed by atoms with Crippen LogP contribution in [-0.2, 0) is 0 Å². The van der Waals surface area contributed by atoms with Crippen molar-refractivity contribution >= 4 is 33.4 Å². The lowest BCUT2D eigenvalue weighted by atomic mass is 9.92. The Morgan fingerprint density at radius 1 is 1.00 bits per heavy atom. The first-order valence-corrected chi connectivity index (χ1v) is 6.35. The average Bonchev–Trinajstić information content (AvgIpc) is 2.47. The van der Waals surface area contributed by atoms with Crippen LogP contribution in [0.3, 0.4) is 0 Å². The van der Waals surface area contributed by atoms with E-state index in [9.17, 15) is 4.79 Å². The topological polar surface area (TPSA) is 30.0 Å². The molecule has 0 unspecified atom stereocenters. The van der Waals surface area contributed by atoms with Crippen LogP contribution in [0.4, 0.5) is 0 Å². The average molecular weight is 245 g/mol. The third-order valence-corrected chi connectivity index (χ3v) is 3.67. The summed E-state index contributed by atoms with van der Waals surface area (Å²) in [5.41, 5.74) is 1.57. The maximum Gasteiger partial charge on any atom is 0.169 e. The van der Waals surface area contributed by atoms with Crippen molar-refractivity contribution in [3.63, 3.8) is 0 Å². The molecule has 0 saturated heterocycles. The van der Waals surface area contributed by atoms with Gasteiger partial charge in [0.05, 0.1) is 11.3 Å². The summed E-state index contributed by atoms with van der Waals surface area (Å²) in [6, 6.07) is 12.3. The first kappa shape index (κ1) is 10.4. The normalized spacial score (nSPS) is 14.0. The Morgan fingerprint density at radius 2 is 1.84 bits per heavy atom. The molecular weight excluding hydrogens is 234 g/mol. The van der Waals surface area contributed by atoms with Crippen molar-refractivity contribution in [2.75, 3.05) is 0 Å². The molecule has 0 atom stereocenters. The van der Waals surface area contributed by atoms with Crippen molar-refractivity contribution in [1.82, 2.24) is 4.98 Å². The second-order valence-corrected chi connectivity index (χ2v) is 4.80. The number of ketones is 1. The number of Topliss-reactive ketones (excluding diaryl/α,β-unsaturated/α-hetero) is 1. The van der Waals surface area contributed by atoms with E-state index in [-0.39, 0.29) is 5.78 Å². The van der Waals surface area contributed by atoms with Crippen LogP contribution in [0.25, 0.3) is 27.6 Å². The maximum absolute atomic E-state index is 12.3. The molecule has 1 aliphatic carbocycles. The first-order valence-electron chi connectivity index (χ1n) is 6.35. The van der Waals surface area contributed by atoms with E-state index in [0.29, 0.717) is 6.42 Å². The third kappa shape index (κ3) is 1.43. The Labute approximate surface area is 110 Å². The van der Waals surface area contributed by atoms with Crippen molar-refractivity contribution < 1.29 is 4.79 Å². The third-order valence-electron chi connectivity index (χ3n) is 3.67. The first-order chi connectivity index (χ1) is 9.34. The zero-order valence-corrected chi connectivity index (χ0v) is 10.3. The van der Waals surface area contributed by atoms with E-state index in [1.54, 1.807) is 0 Å². The molecule has 0 fully saturated rings. The molecule has 0 amide bonds. The van der Waals surface area contributed by atoms with Crippen LogP contribution in [0, 0.1) is 0 Å². The summed E-state index contributed by atoms with van der Waals surface area (Å²) in [5, 5.41) is 4.35. The van der Waals surface area contributed by atoms with Gasteiger partial charge in [0.25, 0.3) is 0 Å². The van der Waals surface area contributed by atoms with Gasteiger partial charge in [-0.15, -0.1) is 0 Å². The van der Waals surface area contributed by atoms with Gasteiger partial charge in [0, 0.05) is 23.4 Å². The zero-order valence-electron chi connectivity index (χ0n) is 10.3. The summed E-state index contributed by atoms with van der Waals surface area (Å²) in [5.74, 6) is 0.159. The molecule has 2 heteroatoms. The molecule has 4 rings (SSSR count). The van der Waals surface area contributed by atoms with Crippen LogP contribution in [0.1, 0.15) is 22.5 Å². The fourth-order valence-corrected chi connectivity index (χ4v) is 2.79. The van der Waals surface area contributed by atoms with Gasteiger partial charge in [-0.1, -0.05) is 42.5 Å². The number of rotatable bonds is 0. The number of carbonyl (C=O) groups is 1. The molecule has 90 valence electrons. The minimum absolute atomic E-state index is 0.159. The molecule has 1 aromatic heterocycles. The van der Waals surface area contributed by atoms with E-state index in [1.807, 2.05) is 36.5 Å². The number of nitrogens with zero attached hydrogens (tertiary/aromatic N) is 1. The summed E-state index contributed by atoms with van der Waals surface area (Å²) >= 11 is 0. The Kier molecular flexibility index (Phi) is 2.06. The van der Waals surface area contributed by atoms with Gasteiger partial charge >= 0.3 is 0 Å². The molecule has 0 aliphatic heterocycles. The fourth-order valence-electron chi connectivity index (χ4n) is 2.79. The summed E-state index contributed by atoms with van der Waals surface area (Å²) in [6.45, 7) is 0. The van der Waals surface area contributed by atoms with Crippen LogP contribution in [-0.4, -0.2) is 10.8 Å². The van der Waals surface area contributed by atoms with Gasteiger partial charge in [0.15, 0.2) is 5.78 Å². The van der Waals surface area contributed by atoms with E-state index < -0.39 is 0 Å². The molecule has 0 spiro atoms. The number of fused-ring (bicyclic) bond motifs is 5. The lowest BCUT2D eigenvalue weighted by Crippen LogP contribution is -2.07. The Morgan fingerprint density at radius 3 is 2.79 bits per heavy atom. The second-order valence-electron chi connectivity index (χ2n) is 4.80. The van der Waals surface area contributed by atoms with E-state index >= 15 is 0 Å². The van der Waals surface area contributed by atoms with Gasteiger partial charge in [0.2, 0.25) is 0 Å². The number of hydrogen-bond donors (Lipinski definition) is 0. The highest BCUT2D eigenvalue weighted by molar-refractivity contribution is 6.20. The van der Waals surface area contributed by atoms with Gasteiger partial charge in [-0.3, -0.25) is 9.78 Å². The summed E-state index contributed by atoms with van der Waals surface area (Å²) in [6.07, 6.45) is 6.15. The number of pyridine rings is 1. The standard InChI is InChI=1S/C17H11NO/c19-15-7-3-6-14-17(15)16-12(10-18-14)9-8-11-4-1-2-5-13(11)16/h1-6,8-10H,7H2. The van der Waals surface area contributed by atoms with Gasteiger partial charge in [-0.2, -0.15) is 0 Å². The van der Waals surface area contributed by atoms with Gasteiger partial charge < -0.3 is 0 Å². The number of aromatic nitrogens is 1. The minimum Gasteiger partial charge on any atom is -0.294 e. The molecule has 0 N–H and O–H groups in total. The molecule has 2 nitrogen and oxygen atoms in total. The lowest BCUT2D eigenvalue weighted by molar-refractivity contribution is 0.0996. The van der Waals surface area contributed by atoms with Gasteiger partial charge in [-0.05, 0) is 16.8 Å². The highest BCUT2D eigenvalue weighted by Crippen LogP contribution is 2.32. The van der Waals surface area contributed by atoms with Crippen molar-refractivity contribution in [2.24, 2.45) is 0 Å². The van der Waals surface area contributed by atoms with Gasteiger partial charge in [0.1, 0.15) is 0 Å². The van der Waals surface area contributed by atoms with Crippen LogP contribution in [0.2, 0.25) is 0 Å². The van der Waals surface area contributed by atoms with Crippen molar-refractivity contribution in [3.05, 3.63) is 59.9 Å². The van der Waals surface area contributed by atoms with Crippen LogP contribution >= 0.6 is 0 Å². The largest absolute Gasteiger partial charge is 0.294 e. The zero-order chi connectivity index (χ0) is 12.8. The molecular formula is C17H11NO. The van der Waals surface area contributed by atoms with Crippen LogP contribution in [0.15, 0.2) is 48.7 Å². The molecule has 19 heavy (non-hydrogen) atoms. The summed E-state index contributed by atoms with van der Waals surface area (Å²) < 4.78 is 0. The van der Waals surface area contributed by atoms with E-state index in [1.165, 1.54) is 0 Å². The minimum atomic E-state index is 0.159. The quantitative estimate of drug-likeness (QED) is 0.560. The SMILES string of the molecule is O=C1CC=Cc2ncc3ccc4ccccc4c3c21. The number of carbonyl (C=O) groups excluding carboxylic acids is 1. The Hall–Kier alpha value is -2.48. The predicted octanol–water partition coefficient (Wildman–Crippen LogP) is 3.99. The maximum atomic E-state index is 12.3. The van der Waals surface area contributed by atoms with Crippen LogP contribution in [0.5, 0.6) is 0 Å². The number of hydrogen-bond acceptors (Lipinski definition) is 2. The monoisotopic (exact) mass is 245 g/mol. The molecule has 1 aliphatic rings. The highest BCUT2D eigenvalue weighted by atomic mass is 16.1. The fraction of sp³-hybridized carbons (Fsp3) is 0.0588. The Bertz CT molecular complexity index is 862. The summed E-state index contributed by atoms with van der Waals surface area (Å²) in [4.78, 5) is 16.6. The number of allylic oxidation sites excluding steroid dienone is 1. The van der Waals surface area contributed by atoms with E-state index in [4.69, 9.17) is 0 Å². The molecule has 2 aromatic carbocycles. The van der Waals surface area contributed by atoms with Crippen molar-refractivity contribution in [1.29, 1.82) is 0 Å². The molecule has 0 bridgehead atoms. The van der Waals surface area contributed by atoms with Crippen molar-refractivity contribution in [3.8, 4) is 0 Å². The van der Waals surface area contributed by atoms with E-state index in [0.717, 1.165) is 32.8 Å². The number of benzene rings is 2. The second kappa shape index (κ2) is 3.75. The van der Waals surface area contributed by atoms with Crippen molar-refractivity contribution in [2.45, 2.75) is 6.42 Å². The molecule has 3 aromatic rings. The van der Waals surface area contributed by atoms with E-state index in [2.05, 4.69) is 23.2 Å².